The number of hydrogen-bond acceptors (Lipinski definition) is 9. The molecule has 3 fully saturated rings. The average Bonchev–Trinajstić information content (AvgIpc) is 4.08. The first-order valence-electron chi connectivity index (χ1n) is 18.9. The van der Waals surface area contributed by atoms with Crippen LogP contribution in [-0.4, -0.2) is 115 Å². The maximum absolute atomic E-state index is 16.0. The summed E-state index contributed by atoms with van der Waals surface area (Å²) in [5, 5.41) is 10.4. The summed E-state index contributed by atoms with van der Waals surface area (Å²) in [6.07, 6.45) is 6.52. The van der Waals surface area contributed by atoms with E-state index in [4.69, 9.17) is 9.47 Å². The molecule has 2 saturated carbocycles. The highest BCUT2D eigenvalue weighted by molar-refractivity contribution is 6.00. The molecule has 5 rings (SSSR count). The Balaban J connectivity index is 1.34. The molecular weight excluding hydrogens is 667 g/mol. The predicted octanol–water partition coefficient (Wildman–Crippen LogP) is 4.15. The van der Waals surface area contributed by atoms with E-state index in [2.05, 4.69) is 27.6 Å². The molecule has 2 heterocycles. The number of rotatable bonds is 20. The maximum Gasteiger partial charge on any atom is 0.240 e. The summed E-state index contributed by atoms with van der Waals surface area (Å²) in [7, 11) is 3.58. The van der Waals surface area contributed by atoms with E-state index in [0.29, 0.717) is 55.6 Å². The molecular formula is C39H57FN6O6. The normalized spacial score (nSPS) is 21.0. The highest BCUT2D eigenvalue weighted by Crippen LogP contribution is 2.53. The summed E-state index contributed by atoms with van der Waals surface area (Å²) in [6.45, 7) is 10.4. The highest BCUT2D eigenvalue weighted by atomic mass is 19.1. The van der Waals surface area contributed by atoms with Gasteiger partial charge >= 0.3 is 0 Å². The van der Waals surface area contributed by atoms with Crippen LogP contribution >= 0.6 is 0 Å². The van der Waals surface area contributed by atoms with Crippen LogP contribution < -0.4 is 10.6 Å². The van der Waals surface area contributed by atoms with Gasteiger partial charge < -0.3 is 34.7 Å². The lowest BCUT2D eigenvalue weighted by atomic mass is 9.80. The molecule has 0 bridgehead atoms. The molecule has 286 valence electrons. The van der Waals surface area contributed by atoms with E-state index in [9.17, 15) is 19.2 Å². The molecule has 1 unspecified atom stereocenters. The van der Waals surface area contributed by atoms with Crippen LogP contribution in [0.4, 0.5) is 10.1 Å². The van der Waals surface area contributed by atoms with Gasteiger partial charge in [-0.1, -0.05) is 13.0 Å². The van der Waals surface area contributed by atoms with Crippen LogP contribution in [0.5, 0.6) is 0 Å². The summed E-state index contributed by atoms with van der Waals surface area (Å²) in [4.78, 5) is 57.7. The SMILES string of the molecule is CCn1nccc1C(=O)C[C@H](C(=O)Nc1ccc([C@H](C)[C@@H](NCC(C)(C=O)OCCOC)C(=O)N2CCN(C)[C@H](C)C2)cc1F)C(C1CC1)C1CC1. The standard InChI is InChI=1S/C39H57FN6O6/c1-7-46-33(14-15-42-46)34(48)21-30(35(27-8-9-27)28-10-11-28)37(49)43-32-13-12-29(20-31(32)40)26(3)36(38(50)45-17-16-44(5)25(2)22-45)41-23-39(4,24-47)52-19-18-51-6/h12-15,20,24-28,30,35-36,41H,7-11,16-19,21-23H2,1-6H3,(H,43,49)/t25-,26+,30+,36-,39?/m1/s1. The van der Waals surface area contributed by atoms with E-state index < -0.39 is 29.3 Å². The summed E-state index contributed by atoms with van der Waals surface area (Å²) >= 11 is 0. The van der Waals surface area contributed by atoms with Gasteiger partial charge in [0.25, 0.3) is 0 Å². The number of carbonyl (C=O) groups excluding carboxylic acids is 4. The van der Waals surface area contributed by atoms with Crippen LogP contribution in [0.1, 0.15) is 81.8 Å². The molecule has 2 aliphatic carbocycles. The molecule has 2 amide bonds. The predicted molar refractivity (Wildman–Crippen MR) is 195 cm³/mol. The zero-order valence-electron chi connectivity index (χ0n) is 31.6. The van der Waals surface area contributed by atoms with Gasteiger partial charge in [-0.05, 0) is 95.0 Å². The van der Waals surface area contributed by atoms with E-state index in [1.165, 1.54) is 12.1 Å². The zero-order chi connectivity index (χ0) is 37.6. The fourth-order valence-electron chi connectivity index (χ4n) is 7.59. The topological polar surface area (TPSA) is 135 Å². The van der Waals surface area contributed by atoms with E-state index in [1.807, 2.05) is 25.8 Å². The second-order valence-electron chi connectivity index (χ2n) is 15.3. The van der Waals surface area contributed by atoms with Crippen molar-refractivity contribution in [3.05, 3.63) is 47.5 Å². The Kier molecular flexibility index (Phi) is 13.4. The number of hydrogen-bond donors (Lipinski definition) is 2. The Bertz CT molecular complexity index is 1550. The largest absolute Gasteiger partial charge is 0.382 e. The molecule has 1 aromatic heterocycles. The Labute approximate surface area is 307 Å². The van der Waals surface area contributed by atoms with Crippen LogP contribution in [0.3, 0.4) is 0 Å². The molecule has 1 aromatic carbocycles. The molecule has 1 saturated heterocycles. The van der Waals surface area contributed by atoms with Gasteiger partial charge in [-0.3, -0.25) is 19.1 Å². The number of aromatic nitrogens is 2. The average molecular weight is 725 g/mol. The van der Waals surface area contributed by atoms with Crippen LogP contribution in [0.25, 0.3) is 0 Å². The first-order valence-corrected chi connectivity index (χ1v) is 18.9. The van der Waals surface area contributed by atoms with Crippen LogP contribution in [0.15, 0.2) is 30.5 Å². The van der Waals surface area contributed by atoms with Gasteiger partial charge in [0, 0.05) is 70.3 Å². The second-order valence-corrected chi connectivity index (χ2v) is 15.3. The number of aryl methyl sites for hydroxylation is 1. The van der Waals surface area contributed by atoms with Crippen LogP contribution in [0.2, 0.25) is 0 Å². The third-order valence-corrected chi connectivity index (χ3v) is 11.3. The van der Waals surface area contributed by atoms with Crippen LogP contribution in [-0.2, 0) is 30.4 Å². The number of anilines is 1. The molecule has 0 spiro atoms. The quantitative estimate of drug-likeness (QED) is 0.117. The fourth-order valence-corrected chi connectivity index (χ4v) is 7.59. The van der Waals surface area contributed by atoms with Gasteiger partial charge in [0.2, 0.25) is 11.8 Å². The second kappa shape index (κ2) is 17.5. The summed E-state index contributed by atoms with van der Waals surface area (Å²) in [5.41, 5.74) is -0.136. The van der Waals surface area contributed by atoms with Crippen LogP contribution in [0, 0.1) is 29.5 Å². The van der Waals surface area contributed by atoms with Gasteiger partial charge in [-0.2, -0.15) is 5.10 Å². The summed E-state index contributed by atoms with van der Waals surface area (Å²) in [6, 6.07) is 5.70. The number of benzene rings is 1. The lowest BCUT2D eigenvalue weighted by Crippen LogP contribution is -2.59. The Morgan fingerprint density at radius 3 is 2.42 bits per heavy atom. The van der Waals surface area contributed by atoms with Crippen molar-refractivity contribution in [2.75, 3.05) is 58.9 Å². The molecule has 52 heavy (non-hydrogen) atoms. The summed E-state index contributed by atoms with van der Waals surface area (Å²) in [5.74, 6) is -1.45. The highest BCUT2D eigenvalue weighted by Gasteiger charge is 2.48. The molecule has 2 aromatic rings. The van der Waals surface area contributed by atoms with Crippen molar-refractivity contribution in [1.82, 2.24) is 24.9 Å². The lowest BCUT2D eigenvalue weighted by molar-refractivity contribution is -0.138. The Morgan fingerprint density at radius 2 is 1.83 bits per heavy atom. The molecule has 0 radical (unpaired) electrons. The number of nitrogens with one attached hydrogen (secondary N) is 2. The molecule has 12 nitrogen and oxygen atoms in total. The van der Waals surface area contributed by atoms with E-state index in [1.54, 1.807) is 37.0 Å². The third-order valence-electron chi connectivity index (χ3n) is 11.3. The minimum Gasteiger partial charge on any atom is -0.382 e. The molecule has 3 aliphatic rings. The van der Waals surface area contributed by atoms with Crippen molar-refractivity contribution in [3.63, 3.8) is 0 Å². The first kappa shape index (κ1) is 39.7. The molecule has 1 aliphatic heterocycles. The molecule has 5 atom stereocenters. The number of ketones is 1. The lowest BCUT2D eigenvalue weighted by Gasteiger charge is -2.40. The van der Waals surface area contributed by atoms with E-state index in [0.717, 1.165) is 32.2 Å². The van der Waals surface area contributed by atoms with Gasteiger partial charge in [-0.15, -0.1) is 0 Å². The number of Topliss-reactive ketones (excluding diaryl/α,β-unsaturated/α-hetero) is 1. The minimum atomic E-state index is -1.21. The number of amides is 2. The monoisotopic (exact) mass is 724 g/mol. The number of nitrogens with zero attached hydrogens (tertiary/aromatic N) is 4. The third kappa shape index (κ3) is 9.71. The van der Waals surface area contributed by atoms with E-state index in [-0.39, 0.29) is 54.8 Å². The van der Waals surface area contributed by atoms with Crippen molar-refractivity contribution >= 4 is 29.6 Å². The zero-order valence-corrected chi connectivity index (χ0v) is 31.6. The molecule has 13 heteroatoms. The number of aldehydes is 1. The van der Waals surface area contributed by atoms with Crippen molar-refractivity contribution < 1.29 is 33.0 Å². The number of piperazine rings is 1. The minimum absolute atomic E-state index is 0.0335. The fraction of sp³-hybridized carbons (Fsp3) is 0.667. The van der Waals surface area contributed by atoms with Crippen molar-refractivity contribution in [2.45, 2.75) is 89.9 Å². The van der Waals surface area contributed by atoms with Gasteiger partial charge in [0.05, 0.1) is 24.9 Å². The van der Waals surface area contributed by atoms with Crippen molar-refractivity contribution in [2.24, 2.45) is 23.7 Å². The summed E-state index contributed by atoms with van der Waals surface area (Å²) < 4.78 is 28.5. The number of likely N-dealkylation sites (N-methyl/N-ethyl adjacent to an activating group) is 1. The number of carbonyl (C=O) groups is 4. The van der Waals surface area contributed by atoms with Crippen molar-refractivity contribution in [3.8, 4) is 0 Å². The first-order chi connectivity index (χ1) is 24.9. The smallest absolute Gasteiger partial charge is 0.240 e. The van der Waals surface area contributed by atoms with Gasteiger partial charge in [-0.25, -0.2) is 4.39 Å². The Hall–Kier alpha value is -3.52. The number of ether oxygens (including phenoxy) is 2. The van der Waals surface area contributed by atoms with Crippen molar-refractivity contribution in [1.29, 1.82) is 0 Å². The van der Waals surface area contributed by atoms with Gasteiger partial charge in [0.15, 0.2) is 12.1 Å². The molecule has 2 N–H and O–H groups in total. The maximum atomic E-state index is 16.0. The van der Waals surface area contributed by atoms with Gasteiger partial charge in [0.1, 0.15) is 17.1 Å². The number of halogens is 1. The number of methoxy groups -OCH3 is 1. The van der Waals surface area contributed by atoms with E-state index >= 15 is 4.39 Å². The Morgan fingerprint density at radius 1 is 1.12 bits per heavy atom.